The summed E-state index contributed by atoms with van der Waals surface area (Å²) in [7, 11) is 0. The van der Waals surface area contributed by atoms with E-state index in [1.165, 1.54) is 10.7 Å². The molecule has 2 rings (SSSR count). The molecule has 0 saturated heterocycles. The Hall–Kier alpha value is -2.42. The number of nitro groups is 1. The van der Waals surface area contributed by atoms with Crippen molar-refractivity contribution < 1.29 is 9.72 Å². The Bertz CT molecular complexity index is 750. The maximum Gasteiger partial charge on any atom is 0.390 e. The predicted octanol–water partition coefficient (Wildman–Crippen LogP) is 2.10. The Balaban J connectivity index is 1.77. The van der Waals surface area contributed by atoms with E-state index in [1.54, 1.807) is 24.7 Å². The number of carbonyl (C=O) groups is 1. The van der Waals surface area contributed by atoms with Crippen LogP contribution in [0.25, 0.3) is 0 Å². The van der Waals surface area contributed by atoms with Crippen LogP contribution >= 0.6 is 11.6 Å². The molecule has 0 radical (unpaired) electrons. The average molecular weight is 369 g/mol. The number of aromatic nitrogens is 4. The Morgan fingerprint density at radius 2 is 2.16 bits per heavy atom. The molecule has 0 saturated carbocycles. The van der Waals surface area contributed by atoms with Gasteiger partial charge in [-0.1, -0.05) is 18.5 Å². The van der Waals surface area contributed by atoms with Gasteiger partial charge in [0.2, 0.25) is 5.91 Å². The van der Waals surface area contributed by atoms with Crippen LogP contribution in [0.4, 0.5) is 5.82 Å². The number of hydrogen-bond donors (Lipinski definition) is 1. The molecule has 0 aromatic carbocycles. The number of nitrogens with one attached hydrogen (secondary N) is 1. The maximum absolute atomic E-state index is 12.1. The second kappa shape index (κ2) is 8.11. The Morgan fingerprint density at radius 1 is 1.44 bits per heavy atom. The molecule has 0 aliphatic rings. The fourth-order valence-electron chi connectivity index (χ4n) is 2.34. The lowest BCUT2D eigenvalue weighted by Crippen LogP contribution is -2.33. The normalized spacial score (nSPS) is 12.2. The van der Waals surface area contributed by atoms with Crippen LogP contribution in [-0.4, -0.2) is 36.9 Å². The molecule has 9 nitrogen and oxygen atoms in total. The molecule has 1 N–H and O–H groups in total. The molecule has 0 fully saturated rings. The van der Waals surface area contributed by atoms with E-state index in [2.05, 4.69) is 15.5 Å². The van der Waals surface area contributed by atoms with Gasteiger partial charge in [0.1, 0.15) is 0 Å². The van der Waals surface area contributed by atoms with Crippen LogP contribution < -0.4 is 5.32 Å². The van der Waals surface area contributed by atoms with E-state index >= 15 is 0 Å². The van der Waals surface area contributed by atoms with Crippen LogP contribution in [-0.2, 0) is 17.9 Å². The van der Waals surface area contributed by atoms with E-state index in [0.29, 0.717) is 30.4 Å². The largest absolute Gasteiger partial charge is 0.390 e. The zero-order valence-electron chi connectivity index (χ0n) is 14.4. The van der Waals surface area contributed by atoms with Gasteiger partial charge in [-0.3, -0.25) is 9.48 Å². The van der Waals surface area contributed by atoms with Gasteiger partial charge < -0.3 is 15.4 Å². The summed E-state index contributed by atoms with van der Waals surface area (Å²) in [6.07, 6.45) is 2.48. The lowest BCUT2D eigenvalue weighted by Gasteiger charge is -2.11. The van der Waals surface area contributed by atoms with Gasteiger partial charge in [0.05, 0.1) is 40.0 Å². The van der Waals surface area contributed by atoms with E-state index in [1.807, 2.05) is 6.92 Å². The van der Waals surface area contributed by atoms with Crippen molar-refractivity contribution in [1.29, 1.82) is 0 Å². The minimum atomic E-state index is -0.544. The number of nitrogens with zero attached hydrogens (tertiary/aromatic N) is 5. The lowest BCUT2D eigenvalue weighted by molar-refractivity contribution is -0.389. The first-order chi connectivity index (χ1) is 11.8. The van der Waals surface area contributed by atoms with E-state index in [4.69, 9.17) is 11.6 Å². The summed E-state index contributed by atoms with van der Waals surface area (Å²) in [5, 5.41) is 22.4. The molecule has 0 bridgehead atoms. The van der Waals surface area contributed by atoms with Crippen molar-refractivity contribution >= 4 is 23.3 Å². The van der Waals surface area contributed by atoms with Crippen molar-refractivity contribution in [3.05, 3.63) is 38.8 Å². The fraction of sp³-hybridized carbons (Fsp3) is 0.533. The fourth-order valence-corrected chi connectivity index (χ4v) is 2.49. The van der Waals surface area contributed by atoms with Gasteiger partial charge in [-0.15, -0.1) is 0 Å². The minimum Gasteiger partial charge on any atom is -0.358 e. The molecular formula is C15H21ClN6O3. The van der Waals surface area contributed by atoms with E-state index in [9.17, 15) is 14.9 Å². The molecule has 0 aliphatic heterocycles. The van der Waals surface area contributed by atoms with E-state index in [0.717, 1.165) is 12.1 Å². The van der Waals surface area contributed by atoms with E-state index in [-0.39, 0.29) is 17.6 Å². The number of rotatable bonds is 8. The van der Waals surface area contributed by atoms with Crippen LogP contribution in [0.3, 0.4) is 0 Å². The molecule has 1 unspecified atom stereocenters. The van der Waals surface area contributed by atoms with Gasteiger partial charge in [-0.25, -0.2) is 0 Å². The topological polar surface area (TPSA) is 108 Å². The molecule has 25 heavy (non-hydrogen) atoms. The number of aryl methyl sites for hydroxylation is 3. The van der Waals surface area contributed by atoms with Crippen LogP contribution in [0.5, 0.6) is 0 Å². The van der Waals surface area contributed by atoms with Crippen LogP contribution in [0.15, 0.2) is 12.3 Å². The molecule has 2 heterocycles. The average Bonchev–Trinajstić information content (AvgIpc) is 3.06. The highest BCUT2D eigenvalue weighted by Crippen LogP contribution is 2.13. The van der Waals surface area contributed by atoms with Crippen LogP contribution in [0.1, 0.15) is 24.7 Å². The molecule has 2 aromatic heterocycles. The van der Waals surface area contributed by atoms with Crippen LogP contribution in [0.2, 0.25) is 5.02 Å². The van der Waals surface area contributed by atoms with E-state index < -0.39 is 4.92 Å². The van der Waals surface area contributed by atoms with Gasteiger partial charge in [0.25, 0.3) is 0 Å². The Kier molecular flexibility index (Phi) is 6.13. The molecule has 1 atom stereocenters. The van der Waals surface area contributed by atoms with Crippen LogP contribution in [0, 0.1) is 29.9 Å². The summed E-state index contributed by atoms with van der Waals surface area (Å²) in [6, 6.07) is 1.39. The number of carbonyl (C=O) groups excluding carboxylic acids is 1. The maximum atomic E-state index is 12.1. The summed E-state index contributed by atoms with van der Waals surface area (Å²) >= 11 is 5.94. The molecule has 0 aliphatic carbocycles. The third kappa shape index (κ3) is 5.02. The zero-order chi connectivity index (χ0) is 18.6. The summed E-state index contributed by atoms with van der Waals surface area (Å²) in [6.45, 7) is 6.79. The summed E-state index contributed by atoms with van der Waals surface area (Å²) in [4.78, 5) is 22.3. The second-order valence-electron chi connectivity index (χ2n) is 5.95. The van der Waals surface area contributed by atoms with Gasteiger partial charge >= 0.3 is 5.82 Å². The monoisotopic (exact) mass is 368 g/mol. The Morgan fingerprint density at radius 3 is 2.72 bits per heavy atom. The molecular weight excluding hydrogens is 348 g/mol. The summed E-state index contributed by atoms with van der Waals surface area (Å²) in [5.41, 5.74) is 1.43. The van der Waals surface area contributed by atoms with Crippen molar-refractivity contribution in [2.45, 2.75) is 40.3 Å². The van der Waals surface area contributed by atoms with Gasteiger partial charge in [0.15, 0.2) is 0 Å². The first kappa shape index (κ1) is 18.9. The van der Waals surface area contributed by atoms with Crippen molar-refractivity contribution in [2.75, 3.05) is 6.54 Å². The SMILES string of the molecule is Cc1nn(CCCNC(=O)C(C)Cn2nc([N+](=O)[O-])cc2C)cc1Cl. The molecule has 1 amide bonds. The highest BCUT2D eigenvalue weighted by Gasteiger charge is 2.20. The molecule has 2 aromatic rings. The third-order valence-electron chi connectivity index (χ3n) is 3.80. The van der Waals surface area contributed by atoms with Crippen molar-refractivity contribution in [3.8, 4) is 0 Å². The number of amides is 1. The first-order valence-electron chi connectivity index (χ1n) is 7.94. The molecule has 136 valence electrons. The third-order valence-corrected chi connectivity index (χ3v) is 4.17. The van der Waals surface area contributed by atoms with Crippen molar-refractivity contribution in [3.63, 3.8) is 0 Å². The van der Waals surface area contributed by atoms with Gasteiger partial charge in [0, 0.05) is 19.3 Å². The smallest absolute Gasteiger partial charge is 0.358 e. The first-order valence-corrected chi connectivity index (χ1v) is 8.32. The van der Waals surface area contributed by atoms with Gasteiger partial charge in [-0.05, 0) is 25.2 Å². The van der Waals surface area contributed by atoms with Gasteiger partial charge in [-0.2, -0.15) is 9.78 Å². The predicted molar refractivity (Wildman–Crippen MR) is 92.4 cm³/mol. The van der Waals surface area contributed by atoms with Crippen molar-refractivity contribution in [1.82, 2.24) is 24.9 Å². The number of halogens is 1. The number of hydrogen-bond acceptors (Lipinski definition) is 5. The minimum absolute atomic E-state index is 0.118. The van der Waals surface area contributed by atoms with Crippen molar-refractivity contribution in [2.24, 2.45) is 5.92 Å². The zero-order valence-corrected chi connectivity index (χ0v) is 15.2. The Labute approximate surface area is 150 Å². The molecule has 0 spiro atoms. The highest BCUT2D eigenvalue weighted by atomic mass is 35.5. The lowest BCUT2D eigenvalue weighted by atomic mass is 10.1. The second-order valence-corrected chi connectivity index (χ2v) is 6.36. The standard InChI is InChI=1S/C15H21ClN6O3/c1-10(8-21-11(2)7-14(19-21)22(24)25)15(23)17-5-4-6-20-9-13(16)12(3)18-20/h7,9-10H,4-6,8H2,1-3H3,(H,17,23). The quantitative estimate of drug-likeness (QED) is 0.436. The molecule has 10 heteroatoms. The summed E-state index contributed by atoms with van der Waals surface area (Å²) < 4.78 is 3.23. The summed E-state index contributed by atoms with van der Waals surface area (Å²) in [5.74, 6) is -0.676. The highest BCUT2D eigenvalue weighted by molar-refractivity contribution is 6.31.